The number of fused-ring (bicyclic) bond motifs is 1. The van der Waals surface area contributed by atoms with E-state index in [0.29, 0.717) is 16.9 Å². The van der Waals surface area contributed by atoms with Gasteiger partial charge in [-0.25, -0.2) is 13.8 Å². The van der Waals surface area contributed by atoms with Crippen LogP contribution in [0.3, 0.4) is 0 Å². The summed E-state index contributed by atoms with van der Waals surface area (Å²) in [5, 5.41) is 10.2. The molecule has 6 rings (SSSR count). The summed E-state index contributed by atoms with van der Waals surface area (Å²) in [6, 6.07) is 7.75. The number of rotatable bonds is 5. The van der Waals surface area contributed by atoms with E-state index < -0.39 is 11.5 Å². The molecule has 10 heteroatoms. The topological polar surface area (TPSA) is 78.3 Å². The van der Waals surface area contributed by atoms with Crippen molar-refractivity contribution in [3.8, 4) is 10.6 Å². The molecule has 5 heterocycles. The summed E-state index contributed by atoms with van der Waals surface area (Å²) >= 11 is 1.65. The van der Waals surface area contributed by atoms with E-state index in [9.17, 15) is 13.6 Å². The predicted molar refractivity (Wildman–Crippen MR) is 127 cm³/mol. The summed E-state index contributed by atoms with van der Waals surface area (Å²) in [7, 11) is 0. The van der Waals surface area contributed by atoms with Crippen molar-refractivity contribution in [2.24, 2.45) is 0 Å². The molecule has 4 aromatic rings. The van der Waals surface area contributed by atoms with Crippen LogP contribution >= 0.6 is 11.3 Å². The van der Waals surface area contributed by atoms with Gasteiger partial charge in [-0.2, -0.15) is 5.10 Å². The number of aromatic amines is 1. The van der Waals surface area contributed by atoms with E-state index in [1.54, 1.807) is 36.0 Å². The monoisotopic (exact) mass is 482 g/mol. The zero-order valence-corrected chi connectivity index (χ0v) is 19.5. The third-order valence-electron chi connectivity index (χ3n) is 6.80. The highest BCUT2D eigenvalue weighted by Gasteiger charge is 2.47. The van der Waals surface area contributed by atoms with Crippen molar-refractivity contribution < 1.29 is 13.6 Å². The van der Waals surface area contributed by atoms with Gasteiger partial charge in [0.1, 0.15) is 0 Å². The first kappa shape index (κ1) is 21.3. The Bertz CT molecular complexity index is 1360. The van der Waals surface area contributed by atoms with E-state index in [-0.39, 0.29) is 31.8 Å². The number of carbonyl (C=O) groups is 1. The Morgan fingerprint density at radius 1 is 1.18 bits per heavy atom. The van der Waals surface area contributed by atoms with Crippen LogP contribution in [0.4, 0.5) is 14.5 Å². The largest absolute Gasteiger partial charge is 0.368 e. The molecule has 0 radical (unpaired) electrons. The van der Waals surface area contributed by atoms with E-state index >= 15 is 0 Å². The molecule has 2 aliphatic rings. The Labute approximate surface area is 198 Å². The Hall–Kier alpha value is -3.27. The minimum Gasteiger partial charge on any atom is -0.368 e. The number of hydrogen-bond donors (Lipinski definition) is 2. The van der Waals surface area contributed by atoms with Crippen molar-refractivity contribution in [1.82, 2.24) is 24.9 Å². The lowest BCUT2D eigenvalue weighted by atomic mass is 10.1. The first-order chi connectivity index (χ1) is 16.3. The molecular formula is C24H24F2N6OS. The first-order valence-electron chi connectivity index (χ1n) is 11.4. The van der Waals surface area contributed by atoms with Crippen molar-refractivity contribution >= 4 is 28.6 Å². The molecule has 1 aliphatic carbocycles. The summed E-state index contributed by atoms with van der Waals surface area (Å²) in [6.07, 6.45) is 6.51. The van der Waals surface area contributed by atoms with Crippen LogP contribution in [0, 0.1) is 6.92 Å². The van der Waals surface area contributed by atoms with E-state index in [1.807, 2.05) is 34.4 Å². The zero-order chi connectivity index (χ0) is 23.5. The molecule has 2 N–H and O–H groups in total. The molecule has 4 aromatic heterocycles. The summed E-state index contributed by atoms with van der Waals surface area (Å²) in [5.41, 5.74) is 3.17. The van der Waals surface area contributed by atoms with Crippen LogP contribution in [0.5, 0.6) is 0 Å². The number of imidazole rings is 1. The van der Waals surface area contributed by atoms with E-state index in [2.05, 4.69) is 20.5 Å². The van der Waals surface area contributed by atoms with Gasteiger partial charge in [0, 0.05) is 43.2 Å². The third-order valence-corrected chi connectivity index (χ3v) is 7.82. The third kappa shape index (κ3) is 3.66. The summed E-state index contributed by atoms with van der Waals surface area (Å²) in [5.74, 6) is -2.86. The van der Waals surface area contributed by atoms with Gasteiger partial charge < -0.3 is 10.2 Å². The van der Waals surface area contributed by atoms with Crippen LogP contribution in [-0.4, -0.2) is 44.5 Å². The zero-order valence-electron chi connectivity index (χ0n) is 18.6. The van der Waals surface area contributed by atoms with Gasteiger partial charge in [0.2, 0.25) is 0 Å². The van der Waals surface area contributed by atoms with Gasteiger partial charge in [0.05, 0.1) is 39.3 Å². The van der Waals surface area contributed by atoms with E-state index in [1.165, 1.54) is 4.88 Å². The number of piperidine rings is 1. The molecule has 34 heavy (non-hydrogen) atoms. The molecule has 1 saturated carbocycles. The van der Waals surface area contributed by atoms with Crippen molar-refractivity contribution in [1.29, 1.82) is 0 Å². The van der Waals surface area contributed by atoms with Crippen LogP contribution in [0.15, 0.2) is 42.9 Å². The van der Waals surface area contributed by atoms with Crippen LogP contribution in [0.1, 0.15) is 46.6 Å². The predicted octanol–water partition coefficient (Wildman–Crippen LogP) is 4.75. The molecule has 1 amide bonds. The number of halogens is 2. The van der Waals surface area contributed by atoms with Crippen LogP contribution in [0.25, 0.3) is 16.2 Å². The molecule has 0 atom stereocenters. The second-order valence-corrected chi connectivity index (χ2v) is 10.5. The SMILES string of the molecule is Cc1ccc(-c2cnc3c(N4CCC(F)(F)CC4)cc(C(=O)NC4(c5ccn[nH]5)CC4)cn23)s1. The van der Waals surface area contributed by atoms with Gasteiger partial charge in [0.15, 0.2) is 5.65 Å². The molecule has 7 nitrogen and oxygen atoms in total. The van der Waals surface area contributed by atoms with Crippen molar-refractivity contribution in [3.63, 3.8) is 0 Å². The number of nitrogens with one attached hydrogen (secondary N) is 2. The maximum atomic E-state index is 13.9. The molecule has 0 bridgehead atoms. The summed E-state index contributed by atoms with van der Waals surface area (Å²) in [6.45, 7) is 2.47. The van der Waals surface area contributed by atoms with Crippen LogP contribution < -0.4 is 10.2 Å². The second kappa shape index (κ2) is 7.63. The summed E-state index contributed by atoms with van der Waals surface area (Å²) < 4.78 is 29.6. The van der Waals surface area contributed by atoms with Gasteiger partial charge in [0.25, 0.3) is 11.8 Å². The highest BCUT2D eigenvalue weighted by molar-refractivity contribution is 7.15. The average molecular weight is 483 g/mol. The fourth-order valence-electron chi connectivity index (χ4n) is 4.65. The Kier molecular flexibility index (Phi) is 4.77. The highest BCUT2D eigenvalue weighted by atomic mass is 32.1. The fraction of sp³-hybridized carbons (Fsp3) is 0.375. The minimum absolute atomic E-state index is 0.209. The number of aromatic nitrogens is 4. The Balaban J connectivity index is 1.42. The smallest absolute Gasteiger partial charge is 0.253 e. The normalized spacial score (nSPS) is 18.9. The Morgan fingerprint density at radius 3 is 2.62 bits per heavy atom. The molecule has 1 aliphatic heterocycles. The van der Waals surface area contributed by atoms with Crippen molar-refractivity contribution in [2.75, 3.05) is 18.0 Å². The number of carbonyl (C=O) groups excluding carboxylic acids is 1. The first-order valence-corrected chi connectivity index (χ1v) is 12.2. The minimum atomic E-state index is -2.65. The molecule has 2 fully saturated rings. The number of alkyl halides is 2. The van der Waals surface area contributed by atoms with Crippen LogP contribution in [0.2, 0.25) is 0 Å². The highest BCUT2D eigenvalue weighted by Crippen LogP contribution is 2.45. The number of amides is 1. The number of aryl methyl sites for hydroxylation is 1. The average Bonchev–Trinajstić information content (AvgIpc) is 3.22. The standard InChI is InChI=1S/C24H24F2N6OS/c1-15-2-3-19(34-15)18-13-27-21-17(31-10-7-24(25,26)8-11-31)12-16(14-32(18)21)22(33)29-23(5-6-23)20-4-9-28-30-20/h2-4,9,12-14H,5-8,10-11H2,1H3,(H,28,30)(H,29,33). The molecular weight excluding hydrogens is 458 g/mol. The number of anilines is 1. The van der Waals surface area contributed by atoms with Gasteiger partial charge in [-0.3, -0.25) is 14.3 Å². The van der Waals surface area contributed by atoms with Gasteiger partial charge in [-0.05, 0) is 44.0 Å². The van der Waals surface area contributed by atoms with Gasteiger partial charge in [-0.1, -0.05) is 0 Å². The van der Waals surface area contributed by atoms with Crippen molar-refractivity contribution in [2.45, 2.75) is 44.1 Å². The van der Waals surface area contributed by atoms with E-state index in [4.69, 9.17) is 0 Å². The summed E-state index contributed by atoms with van der Waals surface area (Å²) in [4.78, 5) is 22.2. The second-order valence-electron chi connectivity index (χ2n) is 9.21. The molecule has 0 spiro atoms. The Morgan fingerprint density at radius 2 is 1.97 bits per heavy atom. The fourth-order valence-corrected chi connectivity index (χ4v) is 5.53. The molecule has 176 valence electrons. The molecule has 0 aromatic carbocycles. The maximum absolute atomic E-state index is 13.9. The lowest BCUT2D eigenvalue weighted by Gasteiger charge is -2.33. The number of pyridine rings is 1. The number of thiophene rings is 1. The van der Waals surface area contributed by atoms with Crippen LogP contribution in [-0.2, 0) is 5.54 Å². The quantitative estimate of drug-likeness (QED) is 0.430. The van der Waals surface area contributed by atoms with Crippen molar-refractivity contribution in [3.05, 3.63) is 59.0 Å². The number of hydrogen-bond acceptors (Lipinski definition) is 5. The van der Waals surface area contributed by atoms with Gasteiger partial charge >= 0.3 is 0 Å². The number of nitrogens with zero attached hydrogens (tertiary/aromatic N) is 4. The lowest BCUT2D eigenvalue weighted by molar-refractivity contribution is -0.0220. The van der Waals surface area contributed by atoms with Gasteiger partial charge in [-0.15, -0.1) is 11.3 Å². The molecule has 0 unspecified atom stereocenters. The molecule has 1 saturated heterocycles. The number of H-pyrrole nitrogens is 1. The van der Waals surface area contributed by atoms with E-state index in [0.717, 1.165) is 29.1 Å². The maximum Gasteiger partial charge on any atom is 0.253 e. The lowest BCUT2D eigenvalue weighted by Crippen LogP contribution is -2.40.